The summed E-state index contributed by atoms with van der Waals surface area (Å²) in [6, 6.07) is 13.2. The number of aromatic nitrogens is 3. The van der Waals surface area contributed by atoms with Gasteiger partial charge < -0.3 is 13.7 Å². The van der Waals surface area contributed by atoms with Crippen LogP contribution in [0, 0.1) is 0 Å². The number of ether oxygens (including phenoxy) is 1. The molecule has 25 heavy (non-hydrogen) atoms. The van der Waals surface area contributed by atoms with Crippen molar-refractivity contribution in [3.8, 4) is 0 Å². The molecular formula is C18H16N4O3. The lowest BCUT2D eigenvalue weighted by Gasteiger charge is -2.02. The molecule has 2 aromatic carbocycles. The van der Waals surface area contributed by atoms with Crippen molar-refractivity contribution < 1.29 is 13.9 Å². The van der Waals surface area contributed by atoms with Gasteiger partial charge in [-0.1, -0.05) is 12.1 Å². The Kier molecular flexibility index (Phi) is 3.61. The molecule has 0 spiro atoms. The van der Waals surface area contributed by atoms with E-state index in [1.54, 1.807) is 19.1 Å². The standard InChI is InChI=1S/C18H16N4O3/c1-3-24-16(23)11-8-9-14-13(10-11)19-17(22(14)2)21-18-20-12-6-4-5-7-15(12)25-18/h4-10H,3H2,1-2H3,(H,19,20,21). The first kappa shape index (κ1) is 15.2. The minimum Gasteiger partial charge on any atom is -0.462 e. The van der Waals surface area contributed by atoms with Gasteiger partial charge in [-0.3, -0.25) is 5.32 Å². The summed E-state index contributed by atoms with van der Waals surface area (Å²) in [4.78, 5) is 20.8. The van der Waals surface area contributed by atoms with Crippen molar-refractivity contribution in [1.82, 2.24) is 14.5 Å². The van der Waals surface area contributed by atoms with Crippen molar-refractivity contribution in [2.75, 3.05) is 11.9 Å². The third-order valence-corrected chi connectivity index (χ3v) is 3.90. The van der Waals surface area contributed by atoms with Gasteiger partial charge in [-0.2, -0.15) is 4.98 Å². The normalized spacial score (nSPS) is 11.1. The summed E-state index contributed by atoms with van der Waals surface area (Å²) in [5, 5.41) is 3.08. The molecule has 0 aliphatic heterocycles. The summed E-state index contributed by atoms with van der Waals surface area (Å²) in [6.07, 6.45) is 0. The van der Waals surface area contributed by atoms with Crippen LogP contribution in [-0.2, 0) is 11.8 Å². The second-order valence-electron chi connectivity index (χ2n) is 5.53. The molecule has 0 amide bonds. The van der Waals surface area contributed by atoms with Crippen molar-refractivity contribution in [2.45, 2.75) is 6.92 Å². The van der Waals surface area contributed by atoms with Crippen LogP contribution in [0.3, 0.4) is 0 Å². The van der Waals surface area contributed by atoms with Crippen molar-refractivity contribution >= 4 is 40.1 Å². The predicted octanol–water partition coefficient (Wildman–Crippen LogP) is 3.63. The molecule has 1 N–H and O–H groups in total. The Morgan fingerprint density at radius 2 is 2.04 bits per heavy atom. The highest BCUT2D eigenvalue weighted by atomic mass is 16.5. The topological polar surface area (TPSA) is 82.2 Å². The van der Waals surface area contributed by atoms with E-state index in [4.69, 9.17) is 9.15 Å². The third-order valence-electron chi connectivity index (χ3n) is 3.90. The molecular weight excluding hydrogens is 320 g/mol. The maximum Gasteiger partial charge on any atom is 0.338 e. The number of rotatable bonds is 4. The fourth-order valence-corrected chi connectivity index (χ4v) is 2.67. The first-order valence-corrected chi connectivity index (χ1v) is 7.92. The number of benzene rings is 2. The van der Waals surface area contributed by atoms with E-state index in [1.807, 2.05) is 41.9 Å². The molecule has 7 nitrogen and oxygen atoms in total. The molecule has 7 heteroatoms. The van der Waals surface area contributed by atoms with Gasteiger partial charge in [-0.05, 0) is 37.3 Å². The van der Waals surface area contributed by atoms with Gasteiger partial charge in [0.15, 0.2) is 5.58 Å². The molecule has 4 rings (SSSR count). The largest absolute Gasteiger partial charge is 0.462 e. The zero-order valence-corrected chi connectivity index (χ0v) is 13.8. The van der Waals surface area contributed by atoms with Crippen molar-refractivity contribution in [2.24, 2.45) is 7.05 Å². The maximum absolute atomic E-state index is 11.9. The predicted molar refractivity (Wildman–Crippen MR) is 94.0 cm³/mol. The molecule has 0 bridgehead atoms. The van der Waals surface area contributed by atoms with Gasteiger partial charge in [-0.25, -0.2) is 9.78 Å². The van der Waals surface area contributed by atoms with E-state index in [9.17, 15) is 4.79 Å². The number of nitrogens with one attached hydrogen (secondary N) is 1. The fraction of sp³-hybridized carbons (Fsp3) is 0.167. The van der Waals surface area contributed by atoms with Crippen molar-refractivity contribution in [3.63, 3.8) is 0 Å². The molecule has 0 radical (unpaired) electrons. The minimum atomic E-state index is -0.358. The van der Waals surface area contributed by atoms with E-state index in [2.05, 4.69) is 15.3 Å². The van der Waals surface area contributed by atoms with Crippen LogP contribution in [0.2, 0.25) is 0 Å². The number of hydrogen-bond donors (Lipinski definition) is 1. The summed E-state index contributed by atoms with van der Waals surface area (Å²) in [7, 11) is 1.88. The monoisotopic (exact) mass is 336 g/mol. The van der Waals surface area contributed by atoms with Crippen LogP contribution in [-0.4, -0.2) is 27.1 Å². The number of para-hydroxylation sites is 2. The quantitative estimate of drug-likeness (QED) is 0.573. The van der Waals surface area contributed by atoms with E-state index in [-0.39, 0.29) is 5.97 Å². The molecule has 126 valence electrons. The molecule has 0 unspecified atom stereocenters. The van der Waals surface area contributed by atoms with E-state index in [1.165, 1.54) is 0 Å². The van der Waals surface area contributed by atoms with Gasteiger partial charge in [0.1, 0.15) is 5.52 Å². The number of nitrogens with zero attached hydrogens (tertiary/aromatic N) is 3. The number of oxazole rings is 1. The van der Waals surface area contributed by atoms with Crippen LogP contribution < -0.4 is 5.32 Å². The van der Waals surface area contributed by atoms with E-state index in [0.717, 1.165) is 11.0 Å². The fourth-order valence-electron chi connectivity index (χ4n) is 2.67. The van der Waals surface area contributed by atoms with Gasteiger partial charge in [0.05, 0.1) is 23.2 Å². The Morgan fingerprint density at radius 1 is 1.20 bits per heavy atom. The zero-order valence-electron chi connectivity index (χ0n) is 13.8. The van der Waals surface area contributed by atoms with E-state index < -0.39 is 0 Å². The highest BCUT2D eigenvalue weighted by Gasteiger charge is 2.14. The highest BCUT2D eigenvalue weighted by molar-refractivity contribution is 5.94. The van der Waals surface area contributed by atoms with Crippen LogP contribution >= 0.6 is 0 Å². The van der Waals surface area contributed by atoms with Gasteiger partial charge in [-0.15, -0.1) is 0 Å². The highest BCUT2D eigenvalue weighted by Crippen LogP contribution is 2.24. The molecule has 0 aliphatic carbocycles. The summed E-state index contributed by atoms with van der Waals surface area (Å²) < 4.78 is 12.6. The first-order valence-electron chi connectivity index (χ1n) is 7.92. The molecule has 2 heterocycles. The number of carbonyl (C=O) groups excluding carboxylic acids is 1. The molecule has 0 saturated heterocycles. The SMILES string of the molecule is CCOC(=O)c1ccc2c(c1)nc(Nc1nc3ccccc3o1)n2C. The molecule has 0 saturated carbocycles. The summed E-state index contributed by atoms with van der Waals surface area (Å²) in [6.45, 7) is 2.11. The van der Waals surface area contributed by atoms with Gasteiger partial charge in [0, 0.05) is 7.05 Å². The number of aryl methyl sites for hydroxylation is 1. The Labute approximate surface area is 143 Å². The van der Waals surface area contributed by atoms with Crippen LogP contribution in [0.1, 0.15) is 17.3 Å². The summed E-state index contributed by atoms with van der Waals surface area (Å²) in [5.74, 6) is 0.214. The second-order valence-corrected chi connectivity index (χ2v) is 5.53. The van der Waals surface area contributed by atoms with Crippen LogP contribution in [0.5, 0.6) is 0 Å². The Hall–Kier alpha value is -3.35. The molecule has 2 aromatic heterocycles. The number of anilines is 2. The number of hydrogen-bond acceptors (Lipinski definition) is 6. The average Bonchev–Trinajstić information content (AvgIpc) is 3.16. The number of imidazole rings is 1. The Bertz CT molecular complexity index is 1050. The van der Waals surface area contributed by atoms with Gasteiger partial charge in [0.2, 0.25) is 5.95 Å². The number of carbonyl (C=O) groups is 1. The number of esters is 1. The van der Waals surface area contributed by atoms with E-state index in [0.29, 0.717) is 35.2 Å². The number of fused-ring (bicyclic) bond motifs is 2. The Morgan fingerprint density at radius 3 is 2.84 bits per heavy atom. The maximum atomic E-state index is 11.9. The Balaban J connectivity index is 1.69. The smallest absolute Gasteiger partial charge is 0.338 e. The lowest BCUT2D eigenvalue weighted by molar-refractivity contribution is 0.0526. The molecule has 4 aromatic rings. The van der Waals surface area contributed by atoms with Crippen molar-refractivity contribution in [1.29, 1.82) is 0 Å². The van der Waals surface area contributed by atoms with E-state index >= 15 is 0 Å². The average molecular weight is 336 g/mol. The van der Waals surface area contributed by atoms with Crippen LogP contribution in [0.15, 0.2) is 46.9 Å². The second kappa shape index (κ2) is 5.94. The summed E-state index contributed by atoms with van der Waals surface area (Å²) >= 11 is 0. The minimum absolute atomic E-state index is 0.337. The molecule has 0 aliphatic rings. The van der Waals surface area contributed by atoms with Gasteiger partial charge in [0.25, 0.3) is 0 Å². The molecule has 0 fully saturated rings. The lowest BCUT2D eigenvalue weighted by atomic mass is 10.2. The van der Waals surface area contributed by atoms with Crippen molar-refractivity contribution in [3.05, 3.63) is 48.0 Å². The lowest BCUT2D eigenvalue weighted by Crippen LogP contribution is -2.04. The third kappa shape index (κ3) is 2.69. The summed E-state index contributed by atoms with van der Waals surface area (Å²) in [5.41, 5.74) is 3.51. The molecule has 0 atom stereocenters. The first-order chi connectivity index (χ1) is 12.2. The van der Waals surface area contributed by atoms with Crippen LogP contribution in [0.25, 0.3) is 22.1 Å². The van der Waals surface area contributed by atoms with Crippen LogP contribution in [0.4, 0.5) is 12.0 Å². The van der Waals surface area contributed by atoms with Gasteiger partial charge >= 0.3 is 12.0 Å². The zero-order chi connectivity index (χ0) is 17.4.